The number of nitriles is 1. The van der Waals surface area contributed by atoms with Gasteiger partial charge in [-0.25, -0.2) is 14.8 Å². The number of carbonyl (C=O) groups excluding carboxylic acids is 1. The van der Waals surface area contributed by atoms with Gasteiger partial charge in [0.2, 0.25) is 5.95 Å². The Kier molecular flexibility index (Phi) is 6.85. The predicted molar refractivity (Wildman–Crippen MR) is 136 cm³/mol. The minimum Gasteiger partial charge on any atom is -0.459 e. The molecule has 36 heavy (non-hydrogen) atoms. The van der Waals surface area contributed by atoms with Gasteiger partial charge in [-0.15, -0.1) is 0 Å². The molecule has 0 aliphatic rings. The summed E-state index contributed by atoms with van der Waals surface area (Å²) in [5.74, 6) is -0.0470. The summed E-state index contributed by atoms with van der Waals surface area (Å²) in [5.41, 5.74) is 6.51. The van der Waals surface area contributed by atoms with Crippen LogP contribution in [0.25, 0.3) is 16.6 Å². The van der Waals surface area contributed by atoms with Crippen LogP contribution in [0.15, 0.2) is 53.5 Å². The van der Waals surface area contributed by atoms with Crippen molar-refractivity contribution in [2.75, 3.05) is 11.1 Å². The number of nitrogen functional groups attached to an aromatic ring is 1. The Bertz CT molecular complexity index is 1580. The lowest BCUT2D eigenvalue weighted by atomic mass is 10.1. The number of hydrogen-bond acceptors (Lipinski definition) is 9. The zero-order chi connectivity index (χ0) is 26.0. The van der Waals surface area contributed by atoms with Crippen molar-refractivity contribution < 1.29 is 9.53 Å². The van der Waals surface area contributed by atoms with Gasteiger partial charge in [0.25, 0.3) is 5.56 Å². The quantitative estimate of drug-likeness (QED) is 0.372. The molecule has 0 bridgehead atoms. The van der Waals surface area contributed by atoms with Crippen LogP contribution in [0.1, 0.15) is 48.6 Å². The first-order valence-electron chi connectivity index (χ1n) is 11.0. The second kappa shape index (κ2) is 10.0. The first-order valence-corrected chi connectivity index (χ1v) is 11.4. The Morgan fingerprint density at radius 1 is 1.19 bits per heavy atom. The van der Waals surface area contributed by atoms with E-state index in [0.717, 1.165) is 0 Å². The highest BCUT2D eigenvalue weighted by Gasteiger charge is 2.22. The molecular formula is C25H22ClN7O3. The third kappa shape index (κ3) is 4.82. The van der Waals surface area contributed by atoms with E-state index in [1.54, 1.807) is 63.2 Å². The van der Waals surface area contributed by atoms with Crippen LogP contribution in [0.2, 0.25) is 5.02 Å². The zero-order valence-corrected chi connectivity index (χ0v) is 20.4. The number of aromatic nitrogens is 4. The van der Waals surface area contributed by atoms with Gasteiger partial charge in [-0.05, 0) is 51.1 Å². The molecule has 0 saturated carbocycles. The van der Waals surface area contributed by atoms with E-state index in [9.17, 15) is 14.9 Å². The molecule has 0 unspecified atom stereocenters. The molecule has 1 atom stereocenters. The second-order valence-corrected chi connectivity index (χ2v) is 8.62. The van der Waals surface area contributed by atoms with E-state index in [-0.39, 0.29) is 39.4 Å². The van der Waals surface area contributed by atoms with Crippen LogP contribution >= 0.6 is 11.6 Å². The van der Waals surface area contributed by atoms with E-state index < -0.39 is 17.6 Å². The van der Waals surface area contributed by atoms with Crippen LogP contribution in [0.4, 0.5) is 11.8 Å². The number of benzene rings is 2. The van der Waals surface area contributed by atoms with Gasteiger partial charge in [0.15, 0.2) is 0 Å². The molecule has 3 N–H and O–H groups in total. The minimum absolute atomic E-state index is 0.0179. The first-order chi connectivity index (χ1) is 17.2. The van der Waals surface area contributed by atoms with Crippen molar-refractivity contribution in [1.29, 1.82) is 5.26 Å². The number of rotatable bonds is 6. The minimum atomic E-state index is -0.631. The van der Waals surface area contributed by atoms with Gasteiger partial charge < -0.3 is 15.8 Å². The van der Waals surface area contributed by atoms with Crippen molar-refractivity contribution in [2.45, 2.75) is 32.9 Å². The lowest BCUT2D eigenvalue weighted by Crippen LogP contribution is -2.28. The normalized spacial score (nSPS) is 11.8. The largest absolute Gasteiger partial charge is 0.459 e. The summed E-state index contributed by atoms with van der Waals surface area (Å²) in [6.45, 7) is 5.26. The molecule has 0 amide bonds. The van der Waals surface area contributed by atoms with Crippen LogP contribution in [0.5, 0.6) is 0 Å². The van der Waals surface area contributed by atoms with E-state index in [1.807, 2.05) is 6.07 Å². The summed E-state index contributed by atoms with van der Waals surface area (Å²) >= 11 is 6.37. The maximum Gasteiger partial charge on any atom is 0.338 e. The molecule has 0 fully saturated rings. The summed E-state index contributed by atoms with van der Waals surface area (Å²) in [6, 6.07) is 12.9. The zero-order valence-electron chi connectivity index (χ0n) is 19.7. The van der Waals surface area contributed by atoms with Gasteiger partial charge in [-0.1, -0.05) is 23.7 Å². The molecule has 0 aliphatic heterocycles. The Morgan fingerprint density at radius 3 is 2.67 bits per heavy atom. The molecular weight excluding hydrogens is 482 g/mol. The fourth-order valence-electron chi connectivity index (χ4n) is 3.66. The molecule has 2 heterocycles. The second-order valence-electron chi connectivity index (χ2n) is 8.22. The standard InChI is InChI=1S/C25H22ClN7O3/c1-13(2)36-24(35)15-6-4-7-17(10-15)33-22(31-19-9-5-8-18(26)20(19)23(33)34)14(3)30-21-16(11-27)12-29-25(28)32-21/h4-10,12-14H,1-3H3,(H3,28,29,30,32)/t14-/m1/s1. The summed E-state index contributed by atoms with van der Waals surface area (Å²) in [6.07, 6.45) is 1.00. The first kappa shape index (κ1) is 24.6. The molecule has 0 saturated heterocycles. The van der Waals surface area contributed by atoms with Crippen LogP contribution in [0, 0.1) is 11.3 Å². The highest BCUT2D eigenvalue weighted by molar-refractivity contribution is 6.35. The Balaban J connectivity index is 1.91. The average Bonchev–Trinajstić information content (AvgIpc) is 2.83. The van der Waals surface area contributed by atoms with Crippen molar-refractivity contribution in [3.05, 3.63) is 81.0 Å². The van der Waals surface area contributed by atoms with E-state index >= 15 is 0 Å². The predicted octanol–water partition coefficient (Wildman–Crippen LogP) is 4.02. The Labute approximate surface area is 211 Å². The molecule has 0 radical (unpaired) electrons. The summed E-state index contributed by atoms with van der Waals surface area (Å²) in [5, 5.41) is 13.0. The number of nitrogens with one attached hydrogen (secondary N) is 1. The van der Waals surface area contributed by atoms with Gasteiger partial charge in [0.1, 0.15) is 23.3 Å². The van der Waals surface area contributed by atoms with E-state index in [2.05, 4.69) is 15.3 Å². The van der Waals surface area contributed by atoms with Crippen LogP contribution in [0.3, 0.4) is 0 Å². The smallest absolute Gasteiger partial charge is 0.338 e. The summed E-state index contributed by atoms with van der Waals surface area (Å²) in [4.78, 5) is 39.0. The molecule has 10 nitrogen and oxygen atoms in total. The van der Waals surface area contributed by atoms with E-state index in [0.29, 0.717) is 17.0 Å². The number of esters is 1. The third-order valence-electron chi connectivity index (χ3n) is 5.22. The Hall–Kier alpha value is -4.49. The van der Waals surface area contributed by atoms with E-state index in [1.165, 1.54) is 10.8 Å². The van der Waals surface area contributed by atoms with Crippen LogP contribution < -0.4 is 16.6 Å². The van der Waals surface area contributed by atoms with Gasteiger partial charge >= 0.3 is 5.97 Å². The number of halogens is 1. The fourth-order valence-corrected chi connectivity index (χ4v) is 3.91. The van der Waals surface area contributed by atoms with Gasteiger partial charge in [0, 0.05) is 0 Å². The van der Waals surface area contributed by atoms with Gasteiger partial charge in [-0.2, -0.15) is 10.2 Å². The van der Waals surface area contributed by atoms with Crippen LogP contribution in [-0.4, -0.2) is 31.6 Å². The molecule has 4 rings (SSSR count). The maximum atomic E-state index is 13.8. The fraction of sp³-hybridized carbons (Fsp3) is 0.200. The number of carbonyl (C=O) groups is 1. The van der Waals surface area contributed by atoms with E-state index in [4.69, 9.17) is 27.1 Å². The Morgan fingerprint density at radius 2 is 1.94 bits per heavy atom. The monoisotopic (exact) mass is 503 g/mol. The number of nitrogens with zero attached hydrogens (tertiary/aromatic N) is 5. The number of anilines is 2. The highest BCUT2D eigenvalue weighted by atomic mass is 35.5. The third-order valence-corrected chi connectivity index (χ3v) is 5.54. The lowest BCUT2D eigenvalue weighted by Gasteiger charge is -2.21. The number of nitrogens with two attached hydrogens (primary N) is 1. The topological polar surface area (TPSA) is 149 Å². The maximum absolute atomic E-state index is 13.8. The van der Waals surface area contributed by atoms with Gasteiger partial charge in [-0.3, -0.25) is 9.36 Å². The lowest BCUT2D eigenvalue weighted by molar-refractivity contribution is 0.0378. The highest BCUT2D eigenvalue weighted by Crippen LogP contribution is 2.26. The number of fused-ring (bicyclic) bond motifs is 1. The molecule has 0 spiro atoms. The molecule has 182 valence electrons. The SMILES string of the molecule is CC(C)OC(=O)c1cccc(-n2c([C@@H](C)Nc3nc(N)ncc3C#N)nc3cccc(Cl)c3c2=O)c1. The van der Waals surface area contributed by atoms with Crippen molar-refractivity contribution >= 4 is 40.2 Å². The number of ether oxygens (including phenoxy) is 1. The van der Waals surface area contributed by atoms with Crippen molar-refractivity contribution in [3.63, 3.8) is 0 Å². The van der Waals surface area contributed by atoms with Gasteiger partial charge in [0.05, 0.1) is 45.5 Å². The summed E-state index contributed by atoms with van der Waals surface area (Å²) in [7, 11) is 0. The van der Waals surface area contributed by atoms with Crippen molar-refractivity contribution in [3.8, 4) is 11.8 Å². The molecule has 2 aromatic heterocycles. The molecule has 4 aromatic rings. The average molecular weight is 504 g/mol. The number of hydrogen-bond donors (Lipinski definition) is 2. The molecule has 0 aliphatic carbocycles. The van der Waals surface area contributed by atoms with Crippen molar-refractivity contribution in [2.24, 2.45) is 0 Å². The van der Waals surface area contributed by atoms with Crippen molar-refractivity contribution in [1.82, 2.24) is 19.5 Å². The van der Waals surface area contributed by atoms with Crippen LogP contribution in [-0.2, 0) is 4.74 Å². The molecule has 2 aromatic carbocycles. The molecule has 11 heteroatoms. The summed E-state index contributed by atoms with van der Waals surface area (Å²) < 4.78 is 6.68.